The normalized spacial score (nSPS) is 12.7. The van der Waals surface area contributed by atoms with Gasteiger partial charge in [-0.2, -0.15) is 16.8 Å². The molecule has 2 aromatic rings. The Kier molecular flexibility index (Phi) is 3.13. The van der Waals surface area contributed by atoms with Gasteiger partial charge in [0.1, 0.15) is 10.6 Å². The maximum atomic E-state index is 11.3. The van der Waals surface area contributed by atoms with Gasteiger partial charge < -0.3 is 10.8 Å². The third kappa shape index (κ3) is 2.41. The molecular formula is C10H9NO7S2. The molecule has 0 aromatic heterocycles. The molecule has 0 saturated heterocycles. The highest BCUT2D eigenvalue weighted by Gasteiger charge is 2.22. The summed E-state index contributed by atoms with van der Waals surface area (Å²) in [7, 11) is -9.50. The monoisotopic (exact) mass is 319 g/mol. The van der Waals surface area contributed by atoms with Crippen LogP contribution in [0.15, 0.2) is 34.1 Å². The maximum absolute atomic E-state index is 11.3. The van der Waals surface area contributed by atoms with Crippen LogP contribution in [0, 0.1) is 0 Å². The van der Waals surface area contributed by atoms with Crippen molar-refractivity contribution in [3.05, 3.63) is 24.3 Å². The second-order valence-electron chi connectivity index (χ2n) is 3.97. The Hall–Kier alpha value is -1.88. The molecule has 108 valence electrons. The summed E-state index contributed by atoms with van der Waals surface area (Å²) in [5.74, 6) is -0.557. The van der Waals surface area contributed by atoms with Crippen LogP contribution in [0.2, 0.25) is 0 Å². The van der Waals surface area contributed by atoms with E-state index < -0.39 is 35.8 Å². The summed E-state index contributed by atoms with van der Waals surface area (Å²) in [6.07, 6.45) is 0. The van der Waals surface area contributed by atoms with Crippen molar-refractivity contribution in [1.29, 1.82) is 0 Å². The summed E-state index contributed by atoms with van der Waals surface area (Å²) in [5.41, 5.74) is 5.31. The van der Waals surface area contributed by atoms with E-state index in [1.165, 1.54) is 12.1 Å². The standard InChI is InChI=1S/C10H9NO7S2/c11-8-2-1-6-7(10(8)12)3-5(19(13,14)15)4-9(6)20(16,17)18/h1-4,12H,11H2,(H,13,14,15)(H,16,17,18). The zero-order valence-corrected chi connectivity index (χ0v) is 11.3. The maximum Gasteiger partial charge on any atom is 0.295 e. The number of aromatic hydroxyl groups is 1. The first-order valence-corrected chi connectivity index (χ1v) is 7.90. The smallest absolute Gasteiger partial charge is 0.295 e. The number of rotatable bonds is 2. The predicted molar refractivity (Wildman–Crippen MR) is 69.7 cm³/mol. The van der Waals surface area contributed by atoms with E-state index in [0.717, 1.165) is 6.07 Å². The lowest BCUT2D eigenvalue weighted by Gasteiger charge is -2.09. The Labute approximate surface area is 114 Å². The summed E-state index contributed by atoms with van der Waals surface area (Å²) in [6.45, 7) is 0. The first-order valence-electron chi connectivity index (χ1n) is 5.02. The van der Waals surface area contributed by atoms with Gasteiger partial charge in [-0.3, -0.25) is 9.11 Å². The molecular weight excluding hydrogens is 310 g/mol. The van der Waals surface area contributed by atoms with E-state index in [2.05, 4.69) is 0 Å². The van der Waals surface area contributed by atoms with Crippen LogP contribution in [0.1, 0.15) is 0 Å². The molecule has 10 heteroatoms. The molecule has 0 unspecified atom stereocenters. The lowest BCUT2D eigenvalue weighted by atomic mass is 10.1. The molecule has 5 N–H and O–H groups in total. The van der Waals surface area contributed by atoms with Crippen LogP contribution in [0.3, 0.4) is 0 Å². The summed E-state index contributed by atoms with van der Waals surface area (Å²) in [6, 6.07) is 3.83. The van der Waals surface area contributed by atoms with Crippen molar-refractivity contribution >= 4 is 36.7 Å². The van der Waals surface area contributed by atoms with Crippen molar-refractivity contribution in [2.24, 2.45) is 0 Å². The van der Waals surface area contributed by atoms with Crippen LogP contribution < -0.4 is 5.73 Å². The third-order valence-electron chi connectivity index (χ3n) is 2.65. The summed E-state index contributed by atoms with van der Waals surface area (Å²) in [4.78, 5) is -1.56. The number of hydrogen-bond donors (Lipinski definition) is 4. The number of phenolic OH excluding ortho intramolecular Hbond substituents is 1. The predicted octanol–water partition coefficient (Wildman–Crippen LogP) is 0.621. The molecule has 0 fully saturated rings. The molecule has 0 aliphatic rings. The highest BCUT2D eigenvalue weighted by Crippen LogP contribution is 2.36. The Morgan fingerprint density at radius 3 is 2.00 bits per heavy atom. The number of nitrogens with two attached hydrogens (primary N) is 1. The van der Waals surface area contributed by atoms with Gasteiger partial charge in [0.15, 0.2) is 0 Å². The van der Waals surface area contributed by atoms with Crippen LogP contribution in [-0.2, 0) is 20.2 Å². The fourth-order valence-electron chi connectivity index (χ4n) is 1.74. The molecule has 0 atom stereocenters. The van der Waals surface area contributed by atoms with E-state index in [-0.39, 0.29) is 16.5 Å². The van der Waals surface area contributed by atoms with Crippen LogP contribution in [-0.4, -0.2) is 31.0 Å². The Balaban J connectivity index is 3.09. The highest BCUT2D eigenvalue weighted by molar-refractivity contribution is 7.86. The molecule has 0 bridgehead atoms. The number of benzene rings is 2. The van der Waals surface area contributed by atoms with Crippen LogP contribution in [0.4, 0.5) is 5.69 Å². The number of fused-ring (bicyclic) bond motifs is 1. The van der Waals surface area contributed by atoms with E-state index in [9.17, 15) is 21.9 Å². The lowest BCUT2D eigenvalue weighted by molar-refractivity contribution is 0.481. The zero-order valence-electron chi connectivity index (χ0n) is 9.68. The minimum atomic E-state index is -4.77. The van der Waals surface area contributed by atoms with Crippen molar-refractivity contribution < 1.29 is 31.0 Å². The second-order valence-corrected chi connectivity index (χ2v) is 6.78. The quantitative estimate of drug-likeness (QED) is 0.356. The van der Waals surface area contributed by atoms with Crippen molar-refractivity contribution in [2.75, 3.05) is 5.73 Å². The minimum absolute atomic E-state index is 0.119. The molecule has 0 radical (unpaired) electrons. The van der Waals surface area contributed by atoms with Crippen LogP contribution >= 0.6 is 0 Å². The average molecular weight is 319 g/mol. The van der Waals surface area contributed by atoms with Crippen molar-refractivity contribution in [3.8, 4) is 5.75 Å². The zero-order chi connectivity index (χ0) is 15.3. The molecule has 20 heavy (non-hydrogen) atoms. The summed E-state index contributed by atoms with van der Waals surface area (Å²) >= 11 is 0. The fourth-order valence-corrected chi connectivity index (χ4v) is 3.08. The average Bonchev–Trinajstić information content (AvgIpc) is 2.30. The van der Waals surface area contributed by atoms with Gasteiger partial charge >= 0.3 is 0 Å². The van der Waals surface area contributed by atoms with E-state index in [1.807, 2.05) is 0 Å². The van der Waals surface area contributed by atoms with Gasteiger partial charge in [0.05, 0.1) is 10.6 Å². The summed E-state index contributed by atoms with van der Waals surface area (Å²) in [5, 5.41) is 9.40. The van der Waals surface area contributed by atoms with Gasteiger partial charge in [-0.25, -0.2) is 0 Å². The van der Waals surface area contributed by atoms with Crippen LogP contribution in [0.5, 0.6) is 5.75 Å². The van der Waals surface area contributed by atoms with Crippen molar-refractivity contribution in [1.82, 2.24) is 0 Å². The van der Waals surface area contributed by atoms with E-state index in [1.54, 1.807) is 0 Å². The van der Waals surface area contributed by atoms with E-state index >= 15 is 0 Å². The number of phenols is 1. The largest absolute Gasteiger partial charge is 0.505 e. The van der Waals surface area contributed by atoms with Gasteiger partial charge in [0, 0.05) is 10.8 Å². The van der Waals surface area contributed by atoms with E-state index in [0.29, 0.717) is 6.07 Å². The van der Waals surface area contributed by atoms with Crippen LogP contribution in [0.25, 0.3) is 10.8 Å². The van der Waals surface area contributed by atoms with Gasteiger partial charge in [-0.15, -0.1) is 0 Å². The van der Waals surface area contributed by atoms with Crippen molar-refractivity contribution in [2.45, 2.75) is 9.79 Å². The van der Waals surface area contributed by atoms with E-state index in [4.69, 9.17) is 14.8 Å². The Morgan fingerprint density at radius 2 is 1.50 bits per heavy atom. The Morgan fingerprint density at radius 1 is 0.900 bits per heavy atom. The SMILES string of the molecule is Nc1ccc2c(S(=O)(=O)O)cc(S(=O)(=O)O)cc2c1O. The molecule has 0 saturated carbocycles. The Bertz CT molecular complexity index is 916. The van der Waals surface area contributed by atoms with Crippen molar-refractivity contribution in [3.63, 3.8) is 0 Å². The first kappa shape index (κ1) is 14.5. The molecule has 0 aliphatic heterocycles. The van der Waals surface area contributed by atoms with Gasteiger partial charge in [-0.05, 0) is 18.2 Å². The molecule has 0 heterocycles. The molecule has 8 nitrogen and oxygen atoms in total. The molecule has 0 amide bonds. The number of nitrogen functional groups attached to an aromatic ring is 1. The van der Waals surface area contributed by atoms with Gasteiger partial charge in [0.2, 0.25) is 0 Å². The van der Waals surface area contributed by atoms with Gasteiger partial charge in [-0.1, -0.05) is 6.07 Å². The third-order valence-corrected chi connectivity index (χ3v) is 4.37. The first-order chi connectivity index (χ1) is 9.01. The molecule has 0 aliphatic carbocycles. The molecule has 2 aromatic carbocycles. The lowest BCUT2D eigenvalue weighted by Crippen LogP contribution is -2.04. The minimum Gasteiger partial charge on any atom is -0.505 e. The number of hydrogen-bond acceptors (Lipinski definition) is 6. The topological polar surface area (TPSA) is 155 Å². The van der Waals surface area contributed by atoms with Gasteiger partial charge in [0.25, 0.3) is 20.2 Å². The molecule has 2 rings (SSSR count). The fraction of sp³-hybridized carbons (Fsp3) is 0. The molecule has 0 spiro atoms. The second kappa shape index (κ2) is 4.31. The number of anilines is 1. The summed E-state index contributed by atoms with van der Waals surface area (Å²) < 4.78 is 62.9. The highest BCUT2D eigenvalue weighted by atomic mass is 32.2.